The molecule has 0 spiro atoms. The summed E-state index contributed by atoms with van der Waals surface area (Å²) in [5.41, 5.74) is 0.0340. The van der Waals surface area contributed by atoms with Gasteiger partial charge in [-0.2, -0.15) is 0 Å². The Morgan fingerprint density at radius 2 is 1.82 bits per heavy atom. The summed E-state index contributed by atoms with van der Waals surface area (Å²) in [5, 5.41) is 12.1. The van der Waals surface area contributed by atoms with Gasteiger partial charge in [-0.05, 0) is 45.6 Å². The minimum atomic E-state index is -1.16. The predicted octanol–water partition coefficient (Wildman–Crippen LogP) is 2.37. The molecule has 10 heteroatoms. The third-order valence-electron chi connectivity index (χ3n) is 5.63. The van der Waals surface area contributed by atoms with E-state index in [0.717, 1.165) is 5.56 Å². The first-order valence-corrected chi connectivity index (χ1v) is 11.1. The largest absolute Gasteiger partial charge is 0.480 e. The monoisotopic (exact) mass is 461 g/mol. The van der Waals surface area contributed by atoms with E-state index in [1.165, 1.54) is 9.80 Å². The number of carboxylic acid groups (broad SMARTS) is 1. The standard InChI is InChI=1S/C23H31N3O7/c1-23(2,3)33-21(30)24-17-13-25(22(31)32-14-15-7-5-4-6-8-15)12-11-16-9-10-18(20(28)29)26(16)19(17)27/h4-8,16-18H,9-14H2,1-3H3,(H,24,30)(H,28,29). The van der Waals surface area contributed by atoms with Crippen molar-refractivity contribution in [1.29, 1.82) is 0 Å². The maximum Gasteiger partial charge on any atom is 0.410 e. The first-order chi connectivity index (χ1) is 15.5. The van der Waals surface area contributed by atoms with Crippen molar-refractivity contribution in [2.24, 2.45) is 0 Å². The van der Waals surface area contributed by atoms with Gasteiger partial charge in [0, 0.05) is 12.6 Å². The lowest BCUT2D eigenvalue weighted by molar-refractivity contribution is -0.151. The Bertz CT molecular complexity index is 884. The fraction of sp³-hybridized carbons (Fsp3) is 0.565. The molecule has 0 aliphatic carbocycles. The Hall–Kier alpha value is -3.30. The number of hydrogen-bond donors (Lipinski definition) is 2. The summed E-state index contributed by atoms with van der Waals surface area (Å²) in [6.07, 6.45) is -0.168. The summed E-state index contributed by atoms with van der Waals surface area (Å²) >= 11 is 0. The molecule has 33 heavy (non-hydrogen) atoms. The molecule has 0 bridgehead atoms. The number of carbonyl (C=O) groups is 4. The van der Waals surface area contributed by atoms with Crippen molar-refractivity contribution < 1.29 is 33.8 Å². The van der Waals surface area contributed by atoms with Crippen LogP contribution in [0.25, 0.3) is 0 Å². The Labute approximate surface area is 192 Å². The SMILES string of the molecule is CC(C)(C)OC(=O)NC1CN(C(=O)OCc2ccccc2)CCC2CCC(C(=O)O)N2C1=O. The average molecular weight is 462 g/mol. The Morgan fingerprint density at radius 3 is 2.45 bits per heavy atom. The molecular formula is C23H31N3O7. The molecule has 2 saturated heterocycles. The second-order valence-corrected chi connectivity index (χ2v) is 9.30. The smallest absolute Gasteiger partial charge is 0.410 e. The van der Waals surface area contributed by atoms with E-state index in [-0.39, 0.29) is 25.7 Å². The van der Waals surface area contributed by atoms with Gasteiger partial charge < -0.3 is 29.7 Å². The normalized spacial score (nSPS) is 23.2. The molecule has 0 aromatic heterocycles. The molecule has 2 aliphatic rings. The summed E-state index contributed by atoms with van der Waals surface area (Å²) in [6.45, 7) is 5.26. The molecule has 10 nitrogen and oxygen atoms in total. The maximum absolute atomic E-state index is 13.4. The van der Waals surface area contributed by atoms with E-state index in [4.69, 9.17) is 9.47 Å². The zero-order chi connectivity index (χ0) is 24.2. The van der Waals surface area contributed by atoms with Crippen molar-refractivity contribution >= 4 is 24.1 Å². The molecule has 2 heterocycles. The van der Waals surface area contributed by atoms with Gasteiger partial charge in [0.15, 0.2) is 0 Å². The number of rotatable bonds is 4. The lowest BCUT2D eigenvalue weighted by Gasteiger charge is -2.37. The van der Waals surface area contributed by atoms with E-state index in [1.807, 2.05) is 30.3 Å². The number of amides is 3. The van der Waals surface area contributed by atoms with Gasteiger partial charge in [-0.1, -0.05) is 30.3 Å². The molecule has 2 aliphatic heterocycles. The number of hydrogen-bond acceptors (Lipinski definition) is 6. The van der Waals surface area contributed by atoms with Crippen molar-refractivity contribution in [3.63, 3.8) is 0 Å². The second kappa shape index (κ2) is 10.1. The van der Waals surface area contributed by atoms with Crippen LogP contribution < -0.4 is 5.32 Å². The van der Waals surface area contributed by atoms with E-state index in [0.29, 0.717) is 19.3 Å². The summed E-state index contributed by atoms with van der Waals surface area (Å²) in [4.78, 5) is 53.0. The number of fused-ring (bicyclic) bond motifs is 1. The van der Waals surface area contributed by atoms with E-state index >= 15 is 0 Å². The first-order valence-electron chi connectivity index (χ1n) is 11.1. The summed E-state index contributed by atoms with van der Waals surface area (Å²) < 4.78 is 10.7. The van der Waals surface area contributed by atoms with Gasteiger partial charge in [0.05, 0.1) is 6.54 Å². The maximum atomic E-state index is 13.4. The van der Waals surface area contributed by atoms with Crippen LogP contribution in [0, 0.1) is 0 Å². The number of alkyl carbamates (subject to hydrolysis) is 1. The molecule has 180 valence electrons. The summed E-state index contributed by atoms with van der Waals surface area (Å²) in [5.74, 6) is -1.63. The Morgan fingerprint density at radius 1 is 1.12 bits per heavy atom. The van der Waals surface area contributed by atoms with E-state index < -0.39 is 41.7 Å². The van der Waals surface area contributed by atoms with E-state index in [1.54, 1.807) is 20.8 Å². The van der Waals surface area contributed by atoms with E-state index in [9.17, 15) is 24.3 Å². The fourth-order valence-corrected chi connectivity index (χ4v) is 4.15. The minimum Gasteiger partial charge on any atom is -0.480 e. The van der Waals surface area contributed by atoms with Crippen LogP contribution in [0.1, 0.15) is 45.6 Å². The van der Waals surface area contributed by atoms with Crippen LogP contribution in [0.15, 0.2) is 30.3 Å². The molecule has 1 aromatic carbocycles. The topological polar surface area (TPSA) is 125 Å². The molecule has 0 saturated carbocycles. The van der Waals surface area contributed by atoms with Gasteiger partial charge in [-0.15, -0.1) is 0 Å². The van der Waals surface area contributed by atoms with Crippen LogP contribution in [-0.2, 0) is 25.7 Å². The number of carboxylic acids is 1. The van der Waals surface area contributed by atoms with Crippen molar-refractivity contribution in [3.05, 3.63) is 35.9 Å². The number of benzene rings is 1. The number of ether oxygens (including phenoxy) is 2. The molecule has 3 amide bonds. The zero-order valence-electron chi connectivity index (χ0n) is 19.2. The van der Waals surface area contributed by atoms with Crippen molar-refractivity contribution in [2.45, 2.75) is 70.4 Å². The lowest BCUT2D eigenvalue weighted by Crippen LogP contribution is -2.60. The minimum absolute atomic E-state index is 0.0743. The van der Waals surface area contributed by atoms with Gasteiger partial charge in [-0.25, -0.2) is 14.4 Å². The molecule has 0 radical (unpaired) electrons. The number of carbonyl (C=O) groups excluding carboxylic acids is 3. The summed E-state index contributed by atoms with van der Waals surface area (Å²) in [7, 11) is 0. The highest BCUT2D eigenvalue weighted by Gasteiger charge is 2.45. The molecule has 3 atom stereocenters. The van der Waals surface area contributed by atoms with Crippen molar-refractivity contribution in [2.75, 3.05) is 13.1 Å². The van der Waals surface area contributed by atoms with Gasteiger partial charge in [0.1, 0.15) is 24.3 Å². The molecule has 2 fully saturated rings. The van der Waals surface area contributed by atoms with Crippen LogP contribution in [0.2, 0.25) is 0 Å². The fourth-order valence-electron chi connectivity index (χ4n) is 4.15. The Balaban J connectivity index is 1.77. The van der Waals surface area contributed by atoms with Crippen LogP contribution in [0.5, 0.6) is 0 Å². The van der Waals surface area contributed by atoms with Crippen LogP contribution in [0.3, 0.4) is 0 Å². The van der Waals surface area contributed by atoms with Crippen molar-refractivity contribution in [3.8, 4) is 0 Å². The zero-order valence-corrected chi connectivity index (χ0v) is 19.2. The van der Waals surface area contributed by atoms with Crippen molar-refractivity contribution in [1.82, 2.24) is 15.1 Å². The Kier molecular flexibility index (Phi) is 7.45. The molecular weight excluding hydrogens is 430 g/mol. The molecule has 2 N–H and O–H groups in total. The van der Waals surface area contributed by atoms with Gasteiger partial charge >= 0.3 is 18.2 Å². The highest BCUT2D eigenvalue weighted by atomic mass is 16.6. The second-order valence-electron chi connectivity index (χ2n) is 9.30. The number of nitrogens with one attached hydrogen (secondary N) is 1. The van der Waals surface area contributed by atoms with Gasteiger partial charge in [0.25, 0.3) is 0 Å². The molecule has 3 unspecified atom stereocenters. The van der Waals surface area contributed by atoms with Gasteiger partial charge in [0.2, 0.25) is 5.91 Å². The average Bonchev–Trinajstić information content (AvgIpc) is 3.16. The lowest BCUT2D eigenvalue weighted by atomic mass is 10.1. The van der Waals surface area contributed by atoms with Crippen LogP contribution in [0.4, 0.5) is 9.59 Å². The highest BCUT2D eigenvalue weighted by Crippen LogP contribution is 2.29. The van der Waals surface area contributed by atoms with Crippen LogP contribution >= 0.6 is 0 Å². The highest BCUT2D eigenvalue weighted by molar-refractivity contribution is 5.90. The molecule has 1 aromatic rings. The quantitative estimate of drug-likeness (QED) is 0.705. The van der Waals surface area contributed by atoms with Crippen LogP contribution in [-0.4, -0.2) is 75.8 Å². The molecule has 3 rings (SSSR count). The van der Waals surface area contributed by atoms with E-state index in [2.05, 4.69) is 5.32 Å². The van der Waals surface area contributed by atoms with Gasteiger partial charge in [-0.3, -0.25) is 4.79 Å². The number of nitrogens with zero attached hydrogens (tertiary/aromatic N) is 2. The third kappa shape index (κ3) is 6.36. The first kappa shape index (κ1) is 24.3. The number of aliphatic carboxylic acids is 1. The third-order valence-corrected chi connectivity index (χ3v) is 5.63. The summed E-state index contributed by atoms with van der Waals surface area (Å²) in [6, 6.07) is 6.75. The predicted molar refractivity (Wildman–Crippen MR) is 117 cm³/mol.